The fourth-order valence-electron chi connectivity index (χ4n) is 3.27. The summed E-state index contributed by atoms with van der Waals surface area (Å²) in [6.45, 7) is 2.28. The van der Waals surface area contributed by atoms with Crippen LogP contribution in [0.2, 0.25) is 0 Å². The Morgan fingerprint density at radius 2 is 2.06 bits per heavy atom. The van der Waals surface area contributed by atoms with Crippen LogP contribution in [0.5, 0.6) is 5.75 Å². The van der Waals surface area contributed by atoms with Crippen LogP contribution in [0, 0.1) is 0 Å². The molecule has 2 aliphatic rings. The highest BCUT2D eigenvalue weighted by molar-refractivity contribution is 5.84. The number of nitrogens with zero attached hydrogens (tertiary/aromatic N) is 5. The van der Waals surface area contributed by atoms with Crippen molar-refractivity contribution in [3.8, 4) is 5.75 Å². The van der Waals surface area contributed by atoms with E-state index in [0.717, 1.165) is 30.2 Å². The van der Waals surface area contributed by atoms with Crippen LogP contribution in [0.25, 0.3) is 0 Å². The van der Waals surface area contributed by atoms with Crippen LogP contribution in [0.15, 0.2) is 67.5 Å². The second-order valence-corrected chi connectivity index (χ2v) is 6.87. The fourth-order valence-corrected chi connectivity index (χ4v) is 3.27. The second-order valence-electron chi connectivity index (χ2n) is 6.87. The number of imidazole rings is 1. The standard InChI is InChI=1S/C21H26N5O3.2ClH/c1-23-10-11-25(16-23)12-13-26(21-15-27-17-29-21)18-5-3-4-6-19(18)28-14-7-20-22-8-9-24(20)2;;/h3-6,8-11,15-16H,7,12-14,17H2,1-2H3;2*1H/q+2;;/p-2. The number of aliphatic imine (C=N–C) groups is 1. The molecule has 31 heavy (non-hydrogen) atoms. The average Bonchev–Trinajstić information content (AvgIpc) is 3.47. The van der Waals surface area contributed by atoms with Crippen LogP contribution in [-0.2, 0) is 23.1 Å². The highest BCUT2D eigenvalue weighted by Crippen LogP contribution is 2.32. The van der Waals surface area contributed by atoms with Gasteiger partial charge in [-0.05, 0) is 12.1 Å². The lowest BCUT2D eigenvalue weighted by atomic mass is 10.2. The van der Waals surface area contributed by atoms with Gasteiger partial charge in [-0.3, -0.25) is 0 Å². The van der Waals surface area contributed by atoms with Gasteiger partial charge in [0.25, 0.3) is 0 Å². The van der Waals surface area contributed by atoms with E-state index in [1.54, 1.807) is 12.5 Å². The van der Waals surface area contributed by atoms with E-state index in [1.165, 1.54) is 0 Å². The van der Waals surface area contributed by atoms with Crippen LogP contribution >= 0.6 is 0 Å². The lowest BCUT2D eigenvalue weighted by molar-refractivity contribution is -0.693. The third kappa shape index (κ3) is 6.08. The largest absolute Gasteiger partial charge is 1.00 e. The molecular weight excluding hydrogens is 441 g/mol. The number of hydrogen-bond donors (Lipinski definition) is 0. The van der Waals surface area contributed by atoms with Crippen molar-refractivity contribution < 1.29 is 43.6 Å². The quantitative estimate of drug-likeness (QED) is 0.349. The van der Waals surface area contributed by atoms with Gasteiger partial charge in [-0.2, -0.15) is 0 Å². The predicted octanol–water partition coefficient (Wildman–Crippen LogP) is -4.45. The van der Waals surface area contributed by atoms with E-state index in [9.17, 15) is 0 Å². The normalized spacial score (nSPS) is 14.1. The summed E-state index contributed by atoms with van der Waals surface area (Å²) in [6.07, 6.45) is 12.3. The number of para-hydroxylation sites is 2. The first-order valence-corrected chi connectivity index (χ1v) is 9.62. The van der Waals surface area contributed by atoms with E-state index in [1.807, 2.05) is 72.7 Å². The Labute approximate surface area is 194 Å². The minimum atomic E-state index is 0. The van der Waals surface area contributed by atoms with Crippen molar-refractivity contribution in [2.24, 2.45) is 7.05 Å². The molecule has 10 heteroatoms. The zero-order valence-electron chi connectivity index (χ0n) is 17.5. The fraction of sp³-hybridized carbons (Fsp3) is 0.333. The molecule has 0 unspecified atom stereocenters. The van der Waals surface area contributed by atoms with Crippen molar-refractivity contribution in [2.75, 3.05) is 31.9 Å². The van der Waals surface area contributed by atoms with Gasteiger partial charge < -0.3 is 43.9 Å². The molecule has 0 saturated carbocycles. The molecule has 0 amide bonds. The molecule has 167 valence electrons. The number of aromatic nitrogens is 2. The van der Waals surface area contributed by atoms with Crippen molar-refractivity contribution in [1.29, 1.82) is 0 Å². The van der Waals surface area contributed by atoms with Crippen molar-refractivity contribution >= 4 is 11.5 Å². The molecule has 0 spiro atoms. The molecule has 4 rings (SSSR count). The van der Waals surface area contributed by atoms with E-state index in [2.05, 4.69) is 14.5 Å². The van der Waals surface area contributed by atoms with Crippen LogP contribution < -0.4 is 44.0 Å². The Bertz CT molecular complexity index is 945. The van der Waals surface area contributed by atoms with Crippen molar-refractivity contribution in [3.05, 3.63) is 67.5 Å². The van der Waals surface area contributed by atoms with E-state index in [4.69, 9.17) is 14.2 Å². The number of benzene rings is 1. The van der Waals surface area contributed by atoms with Gasteiger partial charge >= 0.3 is 5.84 Å². The van der Waals surface area contributed by atoms with Crippen molar-refractivity contribution in [1.82, 2.24) is 14.5 Å². The maximum absolute atomic E-state index is 6.13. The average molecular weight is 467 g/mol. The second kappa shape index (κ2) is 11.5. The van der Waals surface area contributed by atoms with Gasteiger partial charge in [-0.1, -0.05) is 17.1 Å². The molecule has 2 aromatic rings. The highest BCUT2D eigenvalue weighted by Gasteiger charge is 2.23. The summed E-state index contributed by atoms with van der Waals surface area (Å²) in [7, 11) is 4.00. The van der Waals surface area contributed by atoms with Gasteiger partial charge in [0.05, 0.1) is 39.4 Å². The minimum absolute atomic E-state index is 0. The molecule has 1 aromatic carbocycles. The summed E-state index contributed by atoms with van der Waals surface area (Å²) in [5.74, 6) is 2.48. The monoisotopic (exact) mass is 466 g/mol. The van der Waals surface area contributed by atoms with Crippen LogP contribution in [-0.4, -0.2) is 42.3 Å². The summed E-state index contributed by atoms with van der Waals surface area (Å²) >= 11 is 0. The van der Waals surface area contributed by atoms with Gasteiger partial charge in [-0.25, -0.2) is 14.0 Å². The minimum Gasteiger partial charge on any atom is -1.00 e. The summed E-state index contributed by atoms with van der Waals surface area (Å²) in [4.78, 5) is 8.45. The number of hydrogen-bond acceptors (Lipinski definition) is 6. The third-order valence-corrected chi connectivity index (χ3v) is 4.79. The number of anilines is 1. The molecule has 3 heterocycles. The van der Waals surface area contributed by atoms with Gasteiger partial charge in [-0.15, -0.1) is 0 Å². The summed E-state index contributed by atoms with van der Waals surface area (Å²) in [6, 6.07) is 7.99. The molecule has 1 radical (unpaired) electrons. The lowest BCUT2D eigenvalue weighted by Gasteiger charge is -2.25. The summed E-state index contributed by atoms with van der Waals surface area (Å²) in [5.41, 5.74) is 0.945. The Hall–Kier alpha value is -2.84. The first-order chi connectivity index (χ1) is 14.2. The number of ether oxygens (including phenoxy) is 3. The maximum Gasteiger partial charge on any atom is 0.301 e. The number of aryl methyl sites for hydroxylation is 1. The Morgan fingerprint density at radius 3 is 2.74 bits per heavy atom. The molecule has 2 aliphatic heterocycles. The van der Waals surface area contributed by atoms with Gasteiger partial charge in [0, 0.05) is 0 Å². The number of rotatable bonds is 9. The molecule has 0 aliphatic carbocycles. The van der Waals surface area contributed by atoms with Crippen molar-refractivity contribution in [3.63, 3.8) is 0 Å². The predicted molar refractivity (Wildman–Crippen MR) is 109 cm³/mol. The lowest BCUT2D eigenvalue weighted by Crippen LogP contribution is -3.00. The molecule has 8 nitrogen and oxygen atoms in total. The smallest absolute Gasteiger partial charge is 0.301 e. The van der Waals surface area contributed by atoms with E-state index >= 15 is 0 Å². The summed E-state index contributed by atoms with van der Waals surface area (Å²) < 4.78 is 21.3. The van der Waals surface area contributed by atoms with Gasteiger partial charge in [0.15, 0.2) is 6.20 Å². The van der Waals surface area contributed by atoms with E-state index in [0.29, 0.717) is 19.0 Å². The molecule has 0 atom stereocenters. The Morgan fingerprint density at radius 1 is 1.23 bits per heavy atom. The van der Waals surface area contributed by atoms with Crippen LogP contribution in [0.3, 0.4) is 0 Å². The maximum atomic E-state index is 6.13. The molecule has 1 aromatic heterocycles. The molecular formula is C21H26Cl2N5O3. The SMILES string of the molecule is CN1C=C[N+]=C1CCOc1ccccc1N(CC[n+]1ccn(C)c1)C1=COCO1.[Cl-].[Cl-]. The van der Waals surface area contributed by atoms with Crippen LogP contribution in [0.4, 0.5) is 5.69 Å². The topological polar surface area (TPSA) is 57.1 Å². The van der Waals surface area contributed by atoms with E-state index in [-0.39, 0.29) is 31.6 Å². The first kappa shape index (κ1) is 24.4. The zero-order chi connectivity index (χ0) is 20.1. The molecule has 0 N–H and O–H groups in total. The highest BCUT2D eigenvalue weighted by atomic mass is 35.5. The molecule has 0 fully saturated rings. The number of amidine groups is 1. The molecule has 0 saturated heterocycles. The molecule has 0 bridgehead atoms. The Kier molecular flexibility index (Phi) is 9.08. The number of halogens is 2. The van der Waals surface area contributed by atoms with Gasteiger partial charge in [0.2, 0.25) is 19.0 Å². The Balaban J connectivity index is 0.00000171. The van der Waals surface area contributed by atoms with E-state index < -0.39 is 0 Å². The zero-order valence-corrected chi connectivity index (χ0v) is 19.0. The van der Waals surface area contributed by atoms with Gasteiger partial charge in [0.1, 0.15) is 37.1 Å². The van der Waals surface area contributed by atoms with Crippen molar-refractivity contribution in [2.45, 2.75) is 13.0 Å². The first-order valence-electron chi connectivity index (χ1n) is 9.62. The third-order valence-electron chi connectivity index (χ3n) is 4.79. The summed E-state index contributed by atoms with van der Waals surface area (Å²) in [5, 5.41) is 0. The van der Waals surface area contributed by atoms with Crippen LogP contribution in [0.1, 0.15) is 6.42 Å².